The highest BCUT2D eigenvalue weighted by Gasteiger charge is 2.19. The van der Waals surface area contributed by atoms with Crippen LogP contribution in [0.4, 0.5) is 0 Å². The van der Waals surface area contributed by atoms with Gasteiger partial charge < -0.3 is 0 Å². The summed E-state index contributed by atoms with van der Waals surface area (Å²) in [6, 6.07) is 8.37. The van der Waals surface area contributed by atoms with E-state index >= 15 is 0 Å². The fourth-order valence-corrected chi connectivity index (χ4v) is 1.98. The van der Waals surface area contributed by atoms with Crippen LogP contribution in [0.5, 0.6) is 0 Å². The third kappa shape index (κ3) is 2.86. The van der Waals surface area contributed by atoms with Gasteiger partial charge in [0.25, 0.3) is 0 Å². The van der Waals surface area contributed by atoms with Crippen molar-refractivity contribution in [2.75, 3.05) is 0 Å². The second-order valence-corrected chi connectivity index (χ2v) is 5.22. The maximum Gasteiger partial charge on any atom is 0.0994 e. The van der Waals surface area contributed by atoms with Crippen LogP contribution in [0, 0.1) is 22.7 Å². The molecule has 2 heteroatoms. The van der Waals surface area contributed by atoms with Gasteiger partial charge in [0, 0.05) is 0 Å². The Labute approximate surface area is 104 Å². The van der Waals surface area contributed by atoms with E-state index in [1.54, 1.807) is 0 Å². The lowest BCUT2D eigenvalue weighted by Gasteiger charge is -2.22. The van der Waals surface area contributed by atoms with Crippen LogP contribution < -0.4 is 0 Å². The molecule has 0 atom stereocenters. The third-order valence-electron chi connectivity index (χ3n) is 2.92. The summed E-state index contributed by atoms with van der Waals surface area (Å²) in [6.45, 7) is 8.39. The van der Waals surface area contributed by atoms with E-state index in [9.17, 15) is 5.26 Å². The average Bonchev–Trinajstić information content (AvgIpc) is 2.27. The molecular weight excluding hydrogens is 208 g/mol. The molecule has 0 radical (unpaired) electrons. The van der Waals surface area contributed by atoms with Crippen molar-refractivity contribution in [3.05, 3.63) is 34.4 Å². The molecule has 0 aliphatic heterocycles. The monoisotopic (exact) mass is 226 g/mol. The summed E-state index contributed by atoms with van der Waals surface area (Å²) in [5, 5.41) is 18.0. The fourth-order valence-electron chi connectivity index (χ4n) is 1.98. The summed E-state index contributed by atoms with van der Waals surface area (Å²) < 4.78 is 0. The highest BCUT2D eigenvalue weighted by molar-refractivity contribution is 5.48. The molecule has 1 aromatic carbocycles. The van der Waals surface area contributed by atoms with E-state index in [0.29, 0.717) is 12.0 Å². The summed E-state index contributed by atoms with van der Waals surface area (Å²) in [5.74, 6) is 0. The first-order chi connectivity index (χ1) is 7.93. The molecule has 0 N–H and O–H groups in total. The zero-order chi connectivity index (χ0) is 13.1. The molecule has 0 spiro atoms. The van der Waals surface area contributed by atoms with Crippen LogP contribution in [-0.2, 0) is 18.3 Å². The van der Waals surface area contributed by atoms with Crippen LogP contribution in [0.2, 0.25) is 0 Å². The second kappa shape index (κ2) is 5.02. The summed E-state index contributed by atoms with van der Waals surface area (Å²) in [7, 11) is 0. The lowest BCUT2D eigenvalue weighted by molar-refractivity contribution is 0.587. The van der Waals surface area contributed by atoms with Crippen molar-refractivity contribution in [3.8, 4) is 12.1 Å². The van der Waals surface area contributed by atoms with E-state index in [0.717, 1.165) is 17.5 Å². The molecule has 0 bridgehead atoms. The SMILES string of the molecule is CCc1cc(C(C)(C)C)c(C#N)cc1CC#N. The van der Waals surface area contributed by atoms with Gasteiger partial charge in [-0.15, -0.1) is 0 Å². The molecule has 17 heavy (non-hydrogen) atoms. The Morgan fingerprint density at radius 1 is 1.12 bits per heavy atom. The van der Waals surface area contributed by atoms with Gasteiger partial charge in [0.1, 0.15) is 0 Å². The van der Waals surface area contributed by atoms with E-state index in [1.165, 1.54) is 5.56 Å². The number of hydrogen-bond donors (Lipinski definition) is 0. The van der Waals surface area contributed by atoms with Gasteiger partial charge in [-0.25, -0.2) is 0 Å². The number of nitriles is 2. The van der Waals surface area contributed by atoms with Crippen molar-refractivity contribution in [1.29, 1.82) is 10.5 Å². The summed E-state index contributed by atoms with van der Waals surface area (Å²) in [5.41, 5.74) is 3.88. The van der Waals surface area contributed by atoms with E-state index < -0.39 is 0 Å². The van der Waals surface area contributed by atoms with Crippen molar-refractivity contribution in [1.82, 2.24) is 0 Å². The fraction of sp³-hybridized carbons (Fsp3) is 0.467. The lowest BCUT2D eigenvalue weighted by Crippen LogP contribution is -2.14. The molecule has 0 aromatic heterocycles. The molecule has 1 rings (SSSR count). The third-order valence-corrected chi connectivity index (χ3v) is 2.92. The number of benzene rings is 1. The van der Waals surface area contributed by atoms with Crippen LogP contribution >= 0.6 is 0 Å². The molecule has 0 saturated carbocycles. The molecule has 0 unspecified atom stereocenters. The van der Waals surface area contributed by atoms with E-state index in [-0.39, 0.29) is 5.41 Å². The minimum Gasteiger partial charge on any atom is -0.198 e. The van der Waals surface area contributed by atoms with Gasteiger partial charge in [-0.2, -0.15) is 10.5 Å². The van der Waals surface area contributed by atoms with Crippen LogP contribution in [0.1, 0.15) is 49.9 Å². The minimum atomic E-state index is -0.0415. The molecule has 88 valence electrons. The molecule has 0 saturated heterocycles. The first kappa shape index (κ1) is 13.3. The zero-order valence-electron chi connectivity index (χ0n) is 11.0. The maximum absolute atomic E-state index is 9.21. The first-order valence-electron chi connectivity index (χ1n) is 5.87. The topological polar surface area (TPSA) is 47.6 Å². The van der Waals surface area contributed by atoms with Gasteiger partial charge in [0.2, 0.25) is 0 Å². The first-order valence-corrected chi connectivity index (χ1v) is 5.87. The van der Waals surface area contributed by atoms with E-state index in [1.807, 2.05) is 6.07 Å². The van der Waals surface area contributed by atoms with E-state index in [4.69, 9.17) is 5.26 Å². The molecule has 1 aromatic rings. The van der Waals surface area contributed by atoms with Crippen molar-refractivity contribution >= 4 is 0 Å². The summed E-state index contributed by atoms with van der Waals surface area (Å²) >= 11 is 0. The Balaban J connectivity index is 3.46. The second-order valence-electron chi connectivity index (χ2n) is 5.22. The Morgan fingerprint density at radius 3 is 2.18 bits per heavy atom. The Morgan fingerprint density at radius 2 is 1.76 bits per heavy atom. The van der Waals surface area contributed by atoms with Crippen LogP contribution in [0.3, 0.4) is 0 Å². The minimum absolute atomic E-state index is 0.0415. The van der Waals surface area contributed by atoms with Gasteiger partial charge in [-0.05, 0) is 34.6 Å². The number of nitrogens with zero attached hydrogens (tertiary/aromatic N) is 2. The predicted octanol–water partition coefficient (Wildman–Crippen LogP) is 3.48. The average molecular weight is 226 g/mol. The maximum atomic E-state index is 9.21. The van der Waals surface area contributed by atoms with Crippen LogP contribution in [0.25, 0.3) is 0 Å². The van der Waals surface area contributed by atoms with Gasteiger partial charge >= 0.3 is 0 Å². The molecule has 0 aliphatic rings. The standard InChI is InChI=1S/C15H18N2/c1-5-11-9-14(15(2,3)4)13(10-17)8-12(11)6-7-16/h8-9H,5-6H2,1-4H3. The molecule has 0 heterocycles. The number of rotatable bonds is 2. The molecular formula is C15H18N2. The highest BCUT2D eigenvalue weighted by atomic mass is 14.3. The van der Waals surface area contributed by atoms with Gasteiger partial charge in [0.15, 0.2) is 0 Å². The molecule has 2 nitrogen and oxygen atoms in total. The summed E-state index contributed by atoms with van der Waals surface area (Å²) in [4.78, 5) is 0. The summed E-state index contributed by atoms with van der Waals surface area (Å²) in [6.07, 6.45) is 1.27. The largest absolute Gasteiger partial charge is 0.198 e. The molecule has 0 aliphatic carbocycles. The zero-order valence-corrected chi connectivity index (χ0v) is 11.0. The Kier molecular flexibility index (Phi) is 3.92. The predicted molar refractivity (Wildman–Crippen MR) is 68.6 cm³/mol. The van der Waals surface area contributed by atoms with Crippen molar-refractivity contribution in [2.24, 2.45) is 0 Å². The normalized spacial score (nSPS) is 10.7. The smallest absolute Gasteiger partial charge is 0.0994 e. The van der Waals surface area contributed by atoms with E-state index in [2.05, 4.69) is 45.9 Å². The number of hydrogen-bond acceptors (Lipinski definition) is 2. The van der Waals surface area contributed by atoms with Crippen molar-refractivity contribution in [2.45, 2.75) is 46.0 Å². The van der Waals surface area contributed by atoms with Crippen LogP contribution in [-0.4, -0.2) is 0 Å². The van der Waals surface area contributed by atoms with Gasteiger partial charge in [-0.1, -0.05) is 33.8 Å². The quantitative estimate of drug-likeness (QED) is 0.775. The molecule has 0 amide bonds. The molecule has 0 fully saturated rings. The lowest BCUT2D eigenvalue weighted by atomic mass is 9.81. The highest BCUT2D eigenvalue weighted by Crippen LogP contribution is 2.28. The Hall–Kier alpha value is -1.80. The van der Waals surface area contributed by atoms with Crippen molar-refractivity contribution in [3.63, 3.8) is 0 Å². The van der Waals surface area contributed by atoms with Gasteiger partial charge in [0.05, 0.1) is 24.1 Å². The number of aryl methyl sites for hydroxylation is 1. The van der Waals surface area contributed by atoms with Crippen LogP contribution in [0.15, 0.2) is 12.1 Å². The van der Waals surface area contributed by atoms with Gasteiger partial charge in [-0.3, -0.25) is 0 Å². The van der Waals surface area contributed by atoms with Crippen molar-refractivity contribution < 1.29 is 0 Å². The Bertz CT molecular complexity index is 493.